The molecule has 0 atom stereocenters. The fourth-order valence-electron chi connectivity index (χ4n) is 3.25. The quantitative estimate of drug-likeness (QED) is 0.612. The molecule has 0 spiro atoms. The first kappa shape index (κ1) is 21.7. The van der Waals surface area contributed by atoms with Gasteiger partial charge in [-0.2, -0.15) is 0 Å². The lowest BCUT2D eigenvalue weighted by molar-refractivity contribution is 0.0977. The van der Waals surface area contributed by atoms with Gasteiger partial charge in [-0.05, 0) is 67.4 Å². The van der Waals surface area contributed by atoms with Crippen LogP contribution in [-0.4, -0.2) is 31.2 Å². The van der Waals surface area contributed by atoms with Gasteiger partial charge in [0.25, 0.3) is 5.91 Å². The Labute approximate surface area is 186 Å². The largest absolute Gasteiger partial charge is 0.494 e. The molecule has 1 fully saturated rings. The fraction of sp³-hybridized carbons (Fsp3) is 0.333. The smallest absolute Gasteiger partial charge is 0.257 e. The molecule has 1 saturated heterocycles. The second kappa shape index (κ2) is 9.65. The Bertz CT molecular complexity index is 874. The minimum atomic E-state index is -0.409. The maximum atomic E-state index is 12.4. The van der Waals surface area contributed by atoms with Crippen LogP contribution in [0.25, 0.3) is 0 Å². The molecule has 0 bridgehead atoms. The van der Waals surface area contributed by atoms with Crippen LogP contribution in [0.2, 0.25) is 10.0 Å². The van der Waals surface area contributed by atoms with Gasteiger partial charge in [0.15, 0.2) is 10.9 Å². The lowest BCUT2D eigenvalue weighted by Crippen LogP contribution is -2.34. The van der Waals surface area contributed by atoms with Gasteiger partial charge in [0, 0.05) is 30.0 Å². The third-order valence-corrected chi connectivity index (χ3v) is 5.73. The Morgan fingerprint density at radius 2 is 1.72 bits per heavy atom. The van der Waals surface area contributed by atoms with E-state index >= 15 is 0 Å². The van der Waals surface area contributed by atoms with Crippen molar-refractivity contribution in [1.29, 1.82) is 0 Å². The predicted molar refractivity (Wildman–Crippen MR) is 124 cm³/mol. The molecule has 0 radical (unpaired) electrons. The van der Waals surface area contributed by atoms with E-state index < -0.39 is 5.91 Å². The highest BCUT2D eigenvalue weighted by molar-refractivity contribution is 7.80. The topological polar surface area (TPSA) is 53.6 Å². The summed E-state index contributed by atoms with van der Waals surface area (Å²) in [6.45, 7) is 4.46. The van der Waals surface area contributed by atoms with E-state index in [1.54, 1.807) is 0 Å². The van der Waals surface area contributed by atoms with Gasteiger partial charge < -0.3 is 15.0 Å². The number of carbonyl (C=O) groups is 1. The second-order valence-corrected chi connectivity index (χ2v) is 8.32. The number of anilines is 2. The SMILES string of the molecule is COc1c(Cl)cc(C(=O)NC(=S)Nc2ccc(N3CCC(C)CC3)cc2)cc1Cl. The van der Waals surface area contributed by atoms with Gasteiger partial charge in [-0.15, -0.1) is 0 Å². The van der Waals surface area contributed by atoms with E-state index in [-0.39, 0.29) is 15.2 Å². The highest BCUT2D eigenvalue weighted by Gasteiger charge is 2.17. The third-order valence-electron chi connectivity index (χ3n) is 4.97. The molecule has 5 nitrogen and oxygen atoms in total. The molecule has 1 amide bonds. The average molecular weight is 452 g/mol. The van der Waals surface area contributed by atoms with E-state index in [2.05, 4.69) is 34.6 Å². The first-order valence-corrected chi connectivity index (χ1v) is 10.5. The van der Waals surface area contributed by atoms with Crippen LogP contribution in [0, 0.1) is 5.92 Å². The van der Waals surface area contributed by atoms with Crippen molar-refractivity contribution in [2.24, 2.45) is 5.92 Å². The lowest BCUT2D eigenvalue weighted by Gasteiger charge is -2.32. The van der Waals surface area contributed by atoms with Crippen molar-refractivity contribution < 1.29 is 9.53 Å². The van der Waals surface area contributed by atoms with Gasteiger partial charge in [-0.3, -0.25) is 10.1 Å². The van der Waals surface area contributed by atoms with Crippen molar-refractivity contribution in [1.82, 2.24) is 5.32 Å². The molecule has 2 N–H and O–H groups in total. The monoisotopic (exact) mass is 451 g/mol. The number of piperidine rings is 1. The van der Waals surface area contributed by atoms with Gasteiger partial charge in [0.1, 0.15) is 0 Å². The standard InChI is InChI=1S/C21H23Cl2N3O2S/c1-13-7-9-26(10-8-13)16-5-3-15(4-6-16)24-21(29)25-20(27)14-11-17(22)19(28-2)18(23)12-14/h3-6,11-13H,7-10H2,1-2H3,(H2,24,25,27,29). The van der Waals surface area contributed by atoms with Gasteiger partial charge in [-0.25, -0.2) is 0 Å². The number of rotatable bonds is 4. The summed E-state index contributed by atoms with van der Waals surface area (Å²) in [6, 6.07) is 11.0. The minimum absolute atomic E-state index is 0.192. The normalized spacial score (nSPS) is 14.4. The number of hydrogen-bond acceptors (Lipinski definition) is 4. The number of halogens is 2. The molecule has 0 aromatic heterocycles. The van der Waals surface area contributed by atoms with Crippen molar-refractivity contribution in [2.45, 2.75) is 19.8 Å². The number of methoxy groups -OCH3 is 1. The molecule has 0 aliphatic carbocycles. The number of ether oxygens (including phenoxy) is 1. The number of amides is 1. The average Bonchev–Trinajstić information content (AvgIpc) is 2.69. The van der Waals surface area contributed by atoms with E-state index in [9.17, 15) is 4.79 Å². The molecule has 0 saturated carbocycles. The van der Waals surface area contributed by atoms with Crippen LogP contribution in [0.15, 0.2) is 36.4 Å². The molecular formula is C21H23Cl2N3O2S. The van der Waals surface area contributed by atoms with Crippen LogP contribution in [0.4, 0.5) is 11.4 Å². The van der Waals surface area contributed by atoms with Crippen molar-refractivity contribution in [3.05, 3.63) is 52.0 Å². The summed E-state index contributed by atoms with van der Waals surface area (Å²) in [5.41, 5.74) is 2.29. The first-order valence-electron chi connectivity index (χ1n) is 9.37. The number of nitrogens with zero attached hydrogens (tertiary/aromatic N) is 1. The minimum Gasteiger partial charge on any atom is -0.494 e. The Morgan fingerprint density at radius 1 is 1.14 bits per heavy atom. The summed E-state index contributed by atoms with van der Waals surface area (Å²) in [6.07, 6.45) is 2.44. The Hall–Kier alpha value is -2.02. The zero-order valence-corrected chi connectivity index (χ0v) is 18.6. The Balaban J connectivity index is 1.58. The molecule has 2 aromatic rings. The summed E-state index contributed by atoms with van der Waals surface area (Å²) in [5, 5.41) is 6.36. The number of benzene rings is 2. The number of hydrogen-bond donors (Lipinski definition) is 2. The van der Waals surface area contributed by atoms with Crippen LogP contribution in [-0.2, 0) is 0 Å². The number of carbonyl (C=O) groups excluding carboxylic acids is 1. The molecule has 154 valence electrons. The highest BCUT2D eigenvalue weighted by Crippen LogP contribution is 2.33. The summed E-state index contributed by atoms with van der Waals surface area (Å²) in [7, 11) is 1.46. The second-order valence-electron chi connectivity index (χ2n) is 7.10. The van der Waals surface area contributed by atoms with Crippen LogP contribution in [0.5, 0.6) is 5.75 Å². The summed E-state index contributed by atoms with van der Waals surface area (Å²) < 4.78 is 5.09. The molecule has 1 aliphatic heterocycles. The summed E-state index contributed by atoms with van der Waals surface area (Å²) in [4.78, 5) is 14.8. The van der Waals surface area contributed by atoms with Crippen molar-refractivity contribution in [3.8, 4) is 5.75 Å². The molecular weight excluding hydrogens is 429 g/mol. The number of nitrogens with one attached hydrogen (secondary N) is 2. The molecule has 0 unspecified atom stereocenters. The van der Waals surface area contributed by atoms with E-state index in [0.29, 0.717) is 11.3 Å². The number of thiocarbonyl (C=S) groups is 1. The molecule has 29 heavy (non-hydrogen) atoms. The van der Waals surface area contributed by atoms with Gasteiger partial charge >= 0.3 is 0 Å². The predicted octanol–water partition coefficient (Wildman–Crippen LogP) is 5.37. The van der Waals surface area contributed by atoms with E-state index in [0.717, 1.165) is 24.7 Å². The Morgan fingerprint density at radius 3 is 2.28 bits per heavy atom. The summed E-state index contributed by atoms with van der Waals surface area (Å²) >= 11 is 17.4. The maximum absolute atomic E-state index is 12.4. The van der Waals surface area contributed by atoms with Crippen molar-refractivity contribution in [3.63, 3.8) is 0 Å². The van der Waals surface area contributed by atoms with E-state index in [4.69, 9.17) is 40.2 Å². The van der Waals surface area contributed by atoms with Crippen LogP contribution in [0.3, 0.4) is 0 Å². The van der Waals surface area contributed by atoms with Crippen LogP contribution >= 0.6 is 35.4 Å². The van der Waals surface area contributed by atoms with Crippen molar-refractivity contribution >= 4 is 57.8 Å². The lowest BCUT2D eigenvalue weighted by atomic mass is 9.99. The first-order chi connectivity index (χ1) is 13.9. The van der Waals surface area contributed by atoms with Crippen molar-refractivity contribution in [2.75, 3.05) is 30.4 Å². The summed E-state index contributed by atoms with van der Waals surface area (Å²) in [5.74, 6) is 0.713. The highest BCUT2D eigenvalue weighted by atomic mass is 35.5. The molecule has 1 heterocycles. The van der Waals surface area contributed by atoms with E-state index in [1.807, 2.05) is 12.1 Å². The van der Waals surface area contributed by atoms with E-state index in [1.165, 1.54) is 37.8 Å². The molecule has 1 aliphatic rings. The molecule has 3 rings (SSSR count). The van der Waals surface area contributed by atoms with Crippen LogP contribution in [0.1, 0.15) is 30.1 Å². The maximum Gasteiger partial charge on any atom is 0.257 e. The van der Waals surface area contributed by atoms with Gasteiger partial charge in [0.05, 0.1) is 17.2 Å². The fourth-order valence-corrected chi connectivity index (χ4v) is 4.10. The van der Waals surface area contributed by atoms with Crippen LogP contribution < -0.4 is 20.3 Å². The van der Waals surface area contributed by atoms with Gasteiger partial charge in [-0.1, -0.05) is 30.1 Å². The zero-order chi connectivity index (χ0) is 21.0. The molecule has 8 heteroatoms. The molecule has 2 aromatic carbocycles. The Kier molecular flexibility index (Phi) is 7.22. The third kappa shape index (κ3) is 5.53. The zero-order valence-electron chi connectivity index (χ0n) is 16.3. The van der Waals surface area contributed by atoms with Gasteiger partial charge in [0.2, 0.25) is 0 Å².